The van der Waals surface area contributed by atoms with Crippen molar-refractivity contribution in [3.05, 3.63) is 34.4 Å². The first-order chi connectivity index (χ1) is 7.51. The van der Waals surface area contributed by atoms with Crippen molar-refractivity contribution >= 4 is 17.6 Å². The molecule has 0 aliphatic carbocycles. The molecule has 3 nitrogen and oxygen atoms in total. The van der Waals surface area contributed by atoms with Gasteiger partial charge in [-0.2, -0.15) is 5.26 Å². The second-order valence-electron chi connectivity index (χ2n) is 2.96. The summed E-state index contributed by atoms with van der Waals surface area (Å²) >= 11 is 5.46. The summed E-state index contributed by atoms with van der Waals surface area (Å²) in [5, 5.41) is 17.5. The minimum Gasteiger partial charge on any atom is -0.478 e. The predicted octanol–water partition coefficient (Wildman–Crippen LogP) is 2.93. The maximum absolute atomic E-state index is 12.6. The number of carbonyl (C=O) groups is 1. The third-order valence-electron chi connectivity index (χ3n) is 1.95. The van der Waals surface area contributed by atoms with Crippen LogP contribution in [0.1, 0.15) is 33.5 Å². The molecule has 1 aromatic carbocycles. The molecule has 16 heavy (non-hydrogen) atoms. The minimum atomic E-state index is -2.96. The standard InChI is InChI=1S/C10H6ClF2NO2/c11-3-5-1-6(4-14)8(10(15)16)7(2-5)9(12)13/h1-2,9H,3H2,(H,15,16). The van der Waals surface area contributed by atoms with Crippen LogP contribution < -0.4 is 0 Å². The Bertz CT molecular complexity index is 469. The van der Waals surface area contributed by atoms with Crippen LogP contribution in [0.2, 0.25) is 0 Å². The third kappa shape index (κ3) is 2.28. The van der Waals surface area contributed by atoms with Crippen LogP contribution in [0.25, 0.3) is 0 Å². The summed E-state index contributed by atoms with van der Waals surface area (Å²) in [6, 6.07) is 3.77. The van der Waals surface area contributed by atoms with Crippen LogP contribution >= 0.6 is 11.6 Å². The summed E-state index contributed by atoms with van der Waals surface area (Å²) in [5.41, 5.74) is -1.35. The van der Waals surface area contributed by atoms with Crippen molar-refractivity contribution in [2.24, 2.45) is 0 Å². The second kappa shape index (κ2) is 4.90. The molecular weight excluding hydrogens is 240 g/mol. The predicted molar refractivity (Wildman–Crippen MR) is 52.6 cm³/mol. The molecule has 0 saturated carbocycles. The number of halogens is 3. The molecule has 0 spiro atoms. The summed E-state index contributed by atoms with van der Waals surface area (Å²) in [4.78, 5) is 10.8. The Hall–Kier alpha value is -1.67. The van der Waals surface area contributed by atoms with E-state index in [-0.39, 0.29) is 11.4 Å². The van der Waals surface area contributed by atoms with Gasteiger partial charge in [-0.05, 0) is 17.7 Å². The molecule has 0 radical (unpaired) electrons. The molecule has 0 unspecified atom stereocenters. The average Bonchev–Trinajstić information content (AvgIpc) is 2.26. The van der Waals surface area contributed by atoms with Gasteiger partial charge in [0.15, 0.2) is 0 Å². The summed E-state index contributed by atoms with van der Waals surface area (Å²) in [6.07, 6.45) is -2.96. The summed E-state index contributed by atoms with van der Waals surface area (Å²) in [5.74, 6) is -1.61. The molecule has 1 rings (SSSR count). The Kier molecular flexibility index (Phi) is 3.80. The lowest BCUT2D eigenvalue weighted by atomic mass is 9.99. The number of aromatic carboxylic acids is 1. The number of alkyl halides is 3. The Labute approximate surface area is 94.9 Å². The smallest absolute Gasteiger partial charge is 0.337 e. The van der Waals surface area contributed by atoms with Gasteiger partial charge in [0.2, 0.25) is 0 Å². The fourth-order valence-corrected chi connectivity index (χ4v) is 1.46. The molecule has 0 fully saturated rings. The van der Waals surface area contributed by atoms with Gasteiger partial charge in [-0.15, -0.1) is 11.6 Å². The Morgan fingerprint density at radius 2 is 2.19 bits per heavy atom. The van der Waals surface area contributed by atoms with Crippen molar-refractivity contribution in [2.75, 3.05) is 0 Å². The van der Waals surface area contributed by atoms with Crippen LogP contribution in [-0.4, -0.2) is 11.1 Å². The lowest BCUT2D eigenvalue weighted by molar-refractivity contribution is 0.0684. The van der Waals surface area contributed by atoms with E-state index in [4.69, 9.17) is 22.0 Å². The van der Waals surface area contributed by atoms with Gasteiger partial charge >= 0.3 is 5.97 Å². The summed E-state index contributed by atoms with van der Waals surface area (Å²) < 4.78 is 25.2. The van der Waals surface area contributed by atoms with E-state index in [0.717, 1.165) is 6.07 Å². The van der Waals surface area contributed by atoms with E-state index in [2.05, 4.69) is 0 Å². The normalized spacial score (nSPS) is 10.2. The van der Waals surface area contributed by atoms with Gasteiger partial charge in [0.25, 0.3) is 6.43 Å². The molecule has 0 aliphatic rings. The first-order valence-corrected chi connectivity index (χ1v) is 4.69. The van der Waals surface area contributed by atoms with Crippen LogP contribution in [0.3, 0.4) is 0 Å². The molecule has 6 heteroatoms. The minimum absolute atomic E-state index is 0.0612. The van der Waals surface area contributed by atoms with Crippen LogP contribution in [0.5, 0.6) is 0 Å². The highest BCUT2D eigenvalue weighted by Gasteiger charge is 2.22. The van der Waals surface area contributed by atoms with Crippen molar-refractivity contribution in [1.82, 2.24) is 0 Å². The molecule has 0 saturated heterocycles. The number of hydrogen-bond donors (Lipinski definition) is 1. The molecular formula is C10H6ClF2NO2. The SMILES string of the molecule is N#Cc1cc(CCl)cc(C(F)F)c1C(=O)O. The number of carboxylic acid groups (broad SMARTS) is 1. The Morgan fingerprint density at radius 1 is 1.56 bits per heavy atom. The first-order valence-electron chi connectivity index (χ1n) is 4.15. The number of rotatable bonds is 3. The zero-order chi connectivity index (χ0) is 12.3. The highest BCUT2D eigenvalue weighted by atomic mass is 35.5. The lowest BCUT2D eigenvalue weighted by Gasteiger charge is -2.08. The fourth-order valence-electron chi connectivity index (χ4n) is 1.30. The van der Waals surface area contributed by atoms with Crippen LogP contribution in [0, 0.1) is 11.3 Å². The molecule has 1 aromatic rings. The third-order valence-corrected chi connectivity index (χ3v) is 2.26. The van der Waals surface area contributed by atoms with Gasteiger partial charge < -0.3 is 5.11 Å². The lowest BCUT2D eigenvalue weighted by Crippen LogP contribution is -2.07. The maximum Gasteiger partial charge on any atom is 0.337 e. The molecule has 0 bridgehead atoms. The number of carboxylic acids is 1. The Balaban J connectivity index is 3.55. The van der Waals surface area contributed by atoms with Crippen molar-refractivity contribution in [2.45, 2.75) is 12.3 Å². The van der Waals surface area contributed by atoms with Crippen LogP contribution in [0.4, 0.5) is 8.78 Å². The molecule has 0 heterocycles. The highest BCUT2D eigenvalue weighted by molar-refractivity contribution is 6.17. The van der Waals surface area contributed by atoms with Gasteiger partial charge in [-0.1, -0.05) is 0 Å². The van der Waals surface area contributed by atoms with Crippen LogP contribution in [-0.2, 0) is 5.88 Å². The molecule has 0 aliphatic heterocycles. The van der Waals surface area contributed by atoms with E-state index in [1.165, 1.54) is 6.07 Å². The van der Waals surface area contributed by atoms with E-state index in [1.807, 2.05) is 0 Å². The second-order valence-corrected chi connectivity index (χ2v) is 3.23. The van der Waals surface area contributed by atoms with E-state index >= 15 is 0 Å². The topological polar surface area (TPSA) is 61.1 Å². The van der Waals surface area contributed by atoms with Gasteiger partial charge in [-0.25, -0.2) is 13.6 Å². The number of benzene rings is 1. The molecule has 0 amide bonds. The number of nitriles is 1. The quantitative estimate of drug-likeness (QED) is 0.833. The average molecular weight is 246 g/mol. The van der Waals surface area contributed by atoms with E-state index in [1.54, 1.807) is 6.07 Å². The summed E-state index contributed by atoms with van der Waals surface area (Å²) in [7, 11) is 0. The molecule has 1 N–H and O–H groups in total. The Morgan fingerprint density at radius 3 is 2.56 bits per heavy atom. The van der Waals surface area contributed by atoms with Crippen molar-refractivity contribution < 1.29 is 18.7 Å². The van der Waals surface area contributed by atoms with Gasteiger partial charge in [0.05, 0.1) is 11.1 Å². The molecule has 0 aromatic heterocycles. The molecule has 84 valence electrons. The fraction of sp³-hybridized carbons (Fsp3) is 0.200. The zero-order valence-corrected chi connectivity index (χ0v) is 8.63. The largest absolute Gasteiger partial charge is 0.478 e. The van der Waals surface area contributed by atoms with Crippen molar-refractivity contribution in [3.8, 4) is 6.07 Å². The number of hydrogen-bond acceptors (Lipinski definition) is 2. The van der Waals surface area contributed by atoms with Gasteiger partial charge in [-0.3, -0.25) is 0 Å². The maximum atomic E-state index is 12.6. The van der Waals surface area contributed by atoms with E-state index < -0.39 is 23.5 Å². The molecule has 0 atom stereocenters. The highest BCUT2D eigenvalue weighted by Crippen LogP contribution is 2.27. The van der Waals surface area contributed by atoms with Gasteiger partial charge in [0.1, 0.15) is 6.07 Å². The zero-order valence-electron chi connectivity index (χ0n) is 7.88. The number of nitrogens with zero attached hydrogens (tertiary/aromatic N) is 1. The first kappa shape index (κ1) is 12.4. The van der Waals surface area contributed by atoms with Crippen molar-refractivity contribution in [1.29, 1.82) is 5.26 Å². The summed E-state index contributed by atoms with van der Waals surface area (Å²) in [6.45, 7) is 0. The van der Waals surface area contributed by atoms with E-state index in [0.29, 0.717) is 5.56 Å². The van der Waals surface area contributed by atoms with Crippen LogP contribution in [0.15, 0.2) is 12.1 Å². The van der Waals surface area contributed by atoms with E-state index in [9.17, 15) is 13.6 Å². The van der Waals surface area contributed by atoms with Gasteiger partial charge in [0, 0.05) is 11.4 Å². The monoisotopic (exact) mass is 245 g/mol. The van der Waals surface area contributed by atoms with Crippen molar-refractivity contribution in [3.63, 3.8) is 0 Å².